The van der Waals surface area contributed by atoms with Gasteiger partial charge in [0.2, 0.25) is 0 Å². The van der Waals surface area contributed by atoms with Gasteiger partial charge in [0.05, 0.1) is 11.3 Å². The molecule has 1 saturated heterocycles. The van der Waals surface area contributed by atoms with Gasteiger partial charge in [-0.05, 0) is 86.9 Å². The zero-order valence-corrected chi connectivity index (χ0v) is 24.3. The van der Waals surface area contributed by atoms with Crippen molar-refractivity contribution in [3.8, 4) is 0 Å². The van der Waals surface area contributed by atoms with Gasteiger partial charge in [0, 0.05) is 51.8 Å². The van der Waals surface area contributed by atoms with Crippen LogP contribution in [0.5, 0.6) is 0 Å². The molecular weight excluding hydrogens is 482 g/mol. The van der Waals surface area contributed by atoms with Crippen LogP contribution in [-0.2, 0) is 0 Å². The van der Waals surface area contributed by atoms with Gasteiger partial charge in [0.1, 0.15) is 5.82 Å². The fourth-order valence-electron chi connectivity index (χ4n) is 4.62. The Labute approximate surface area is 237 Å². The van der Waals surface area contributed by atoms with Crippen LogP contribution in [0.3, 0.4) is 0 Å². The first-order valence-electron chi connectivity index (χ1n) is 14.0. The van der Waals surface area contributed by atoms with E-state index >= 15 is 0 Å². The number of aryl methyl sites for hydroxylation is 1. The van der Waals surface area contributed by atoms with Crippen LogP contribution in [0.2, 0.25) is 0 Å². The second-order valence-corrected chi connectivity index (χ2v) is 10.1. The Morgan fingerprint density at radius 2 is 2.03 bits per heavy atom. The van der Waals surface area contributed by atoms with E-state index in [4.69, 9.17) is 0 Å². The summed E-state index contributed by atoms with van der Waals surface area (Å²) in [6.45, 7) is 18.5. The summed E-state index contributed by atoms with van der Waals surface area (Å²) in [6, 6.07) is 9.87. The second-order valence-electron chi connectivity index (χ2n) is 10.1. The third kappa shape index (κ3) is 8.30. The van der Waals surface area contributed by atoms with Crippen molar-refractivity contribution in [2.24, 2.45) is 10.9 Å². The van der Waals surface area contributed by atoms with E-state index in [2.05, 4.69) is 51.7 Å². The number of nitrogens with zero attached hydrogens (tertiary/aromatic N) is 3. The molecule has 2 N–H and O–H groups in total. The van der Waals surface area contributed by atoms with Crippen molar-refractivity contribution in [1.82, 2.24) is 10.3 Å². The Kier molecular flexibility index (Phi) is 10.9. The number of allylic oxidation sites excluding steroid dienone is 3. The molecule has 0 unspecified atom stereocenters. The molecule has 2 heterocycles. The van der Waals surface area contributed by atoms with Crippen molar-refractivity contribution >= 4 is 23.1 Å². The number of carbonyl (C=O) groups excluding carboxylic acids is 1. The van der Waals surface area contributed by atoms with E-state index < -0.39 is 0 Å². The molecule has 0 saturated carbocycles. The van der Waals surface area contributed by atoms with Crippen LogP contribution in [0.25, 0.3) is 0 Å². The van der Waals surface area contributed by atoms with Crippen LogP contribution >= 0.6 is 0 Å². The molecule has 2 aliphatic rings. The molecule has 2 aromatic rings. The number of anilines is 2. The van der Waals surface area contributed by atoms with Gasteiger partial charge >= 0.3 is 0 Å². The highest BCUT2D eigenvalue weighted by atomic mass is 16.1. The minimum Gasteiger partial charge on any atom is -0.381 e. The topological polar surface area (TPSA) is 69.6 Å². The number of carbonyl (C=O) groups is 1. The van der Waals surface area contributed by atoms with Crippen molar-refractivity contribution in [3.63, 3.8) is 0 Å². The monoisotopic (exact) mass is 529 g/mol. The number of hydrogen-bond acceptors (Lipinski definition) is 5. The molecular formula is C33H47N5O. The number of pyridine rings is 1. The molecule has 210 valence electrons. The van der Waals surface area contributed by atoms with Gasteiger partial charge in [-0.25, -0.2) is 4.98 Å². The molecule has 1 atom stereocenters. The second kappa shape index (κ2) is 14.3. The van der Waals surface area contributed by atoms with E-state index in [1.54, 1.807) is 6.20 Å². The lowest BCUT2D eigenvalue weighted by molar-refractivity contribution is 0.102. The zero-order valence-electron chi connectivity index (χ0n) is 24.3. The Morgan fingerprint density at radius 3 is 2.72 bits per heavy atom. The van der Waals surface area contributed by atoms with Crippen LogP contribution in [0.15, 0.2) is 83.5 Å². The molecule has 1 fully saturated rings. The molecule has 1 aromatic carbocycles. The number of rotatable bonds is 7. The number of piperidine rings is 1. The van der Waals surface area contributed by atoms with Gasteiger partial charge < -0.3 is 15.5 Å². The molecule has 1 amide bonds. The number of benzene rings is 1. The van der Waals surface area contributed by atoms with Crippen LogP contribution in [0, 0.1) is 12.8 Å². The lowest BCUT2D eigenvalue weighted by atomic mass is 9.99. The number of aromatic nitrogens is 1. The molecule has 0 bridgehead atoms. The van der Waals surface area contributed by atoms with Crippen molar-refractivity contribution in [2.75, 3.05) is 23.3 Å². The maximum Gasteiger partial charge on any atom is 0.257 e. The molecule has 1 aromatic heterocycles. The first kappa shape index (κ1) is 29.7. The fourth-order valence-corrected chi connectivity index (χ4v) is 4.62. The third-order valence-corrected chi connectivity index (χ3v) is 6.93. The Bertz CT molecular complexity index is 1300. The molecule has 4 rings (SSSR count). The van der Waals surface area contributed by atoms with Crippen molar-refractivity contribution in [1.29, 1.82) is 0 Å². The van der Waals surface area contributed by atoms with Gasteiger partial charge in [0.25, 0.3) is 5.91 Å². The van der Waals surface area contributed by atoms with Gasteiger partial charge in [-0.1, -0.05) is 39.5 Å². The largest absolute Gasteiger partial charge is 0.381 e. The third-order valence-electron chi connectivity index (χ3n) is 6.93. The Morgan fingerprint density at radius 1 is 1.28 bits per heavy atom. The van der Waals surface area contributed by atoms with Crippen molar-refractivity contribution < 1.29 is 7.65 Å². The summed E-state index contributed by atoms with van der Waals surface area (Å²) in [5, 5.41) is 6.50. The number of amides is 1. The first-order chi connectivity index (χ1) is 18.8. The smallest absolute Gasteiger partial charge is 0.257 e. The predicted molar refractivity (Wildman–Crippen MR) is 169 cm³/mol. The van der Waals surface area contributed by atoms with Gasteiger partial charge in [-0.15, -0.1) is 5.73 Å². The lowest BCUT2D eigenvalue weighted by Gasteiger charge is -2.32. The average Bonchev–Trinajstić information content (AvgIpc) is 2.94. The minimum atomic E-state index is -0.158. The summed E-state index contributed by atoms with van der Waals surface area (Å²) in [4.78, 5) is 24.5. The zero-order chi connectivity index (χ0) is 28.4. The number of aliphatic imine (C=N–C) groups is 1. The van der Waals surface area contributed by atoms with E-state index in [0.29, 0.717) is 5.56 Å². The summed E-state index contributed by atoms with van der Waals surface area (Å²) >= 11 is 0. The summed E-state index contributed by atoms with van der Waals surface area (Å²) < 4.78 is 0. The van der Waals surface area contributed by atoms with Gasteiger partial charge in [-0.3, -0.25) is 9.79 Å². The molecule has 0 spiro atoms. The molecule has 6 heteroatoms. The molecule has 1 aliphatic carbocycles. The summed E-state index contributed by atoms with van der Waals surface area (Å²) in [5.74, 6) is 1.59. The Hall–Kier alpha value is -3.89. The van der Waals surface area contributed by atoms with Gasteiger partial charge in [0.15, 0.2) is 0 Å². The first-order valence-corrected chi connectivity index (χ1v) is 14.0. The van der Waals surface area contributed by atoms with E-state index in [9.17, 15) is 4.79 Å². The molecule has 39 heavy (non-hydrogen) atoms. The highest BCUT2D eigenvalue weighted by Gasteiger charge is 2.19. The van der Waals surface area contributed by atoms with E-state index in [0.717, 1.165) is 65.0 Å². The average molecular weight is 530 g/mol. The normalized spacial score (nSPS) is 17.5. The van der Waals surface area contributed by atoms with Gasteiger partial charge in [-0.2, -0.15) is 0 Å². The summed E-state index contributed by atoms with van der Waals surface area (Å²) in [7, 11) is 0. The maximum atomic E-state index is 13.0. The predicted octanol–water partition coefficient (Wildman–Crippen LogP) is 8.02. The number of hydrogen-bond donors (Lipinski definition) is 2. The number of nitrogens with one attached hydrogen (secondary N) is 2. The minimum absolute atomic E-state index is 0. The summed E-state index contributed by atoms with van der Waals surface area (Å²) in [5.41, 5.74) is 9.26. The summed E-state index contributed by atoms with van der Waals surface area (Å²) in [6.07, 6.45) is 10.4. The highest BCUT2D eigenvalue weighted by Crippen LogP contribution is 2.25. The van der Waals surface area contributed by atoms with Crippen LogP contribution in [-0.4, -0.2) is 29.7 Å². The lowest BCUT2D eigenvalue weighted by Crippen LogP contribution is -2.34. The van der Waals surface area contributed by atoms with Crippen LogP contribution < -0.4 is 15.5 Å². The van der Waals surface area contributed by atoms with E-state index in [-0.39, 0.29) is 14.8 Å². The van der Waals surface area contributed by atoms with Crippen LogP contribution in [0.4, 0.5) is 11.5 Å². The van der Waals surface area contributed by atoms with E-state index in [1.807, 2.05) is 76.4 Å². The van der Waals surface area contributed by atoms with Crippen molar-refractivity contribution in [3.05, 3.63) is 95.2 Å². The molecule has 0 radical (unpaired) electrons. The van der Waals surface area contributed by atoms with Crippen LogP contribution in [0.1, 0.15) is 84.3 Å². The molecule has 6 nitrogen and oxygen atoms in total. The Balaban J connectivity index is 0.00000206. The van der Waals surface area contributed by atoms with E-state index in [1.165, 1.54) is 12.8 Å². The maximum absolute atomic E-state index is 13.0. The quantitative estimate of drug-likeness (QED) is 0.356. The van der Waals surface area contributed by atoms with Crippen molar-refractivity contribution in [2.45, 2.75) is 66.8 Å². The standard InChI is InChI=1S/C31H37N5O.C2H6.2H2/c1-21-13-15-36(16-14-21)30-23(3)17-27(20-33-30)31(37)35-28-11-8-10-26(18-28)25(5)34-24(4)19-32-29-12-7-6-9-22(29)2;1-2;;/h6,8,10-12,17-21,25,34H,2,9,13-16H2,1,3-5H3,(H,35,37);1-2H3;2*1H/b24-19+,32-29?;;;/t25-;;;/m0.../s1. The fraction of sp³-hybridized carbons (Fsp3) is 0.394. The highest BCUT2D eigenvalue weighted by molar-refractivity contribution is 6.09. The molecule has 1 aliphatic heterocycles. The SMILES string of the molecule is C=C1CC=C=CC1=N/C=C(\C)N[C@@H](C)c1cccc(NC(=O)c2cnc(N3CCC(C)CC3)c(C)c2)c1.CC.[HH].[HH].